The molecule has 0 aliphatic carbocycles. The minimum Gasteiger partial charge on any atom is -0.486 e. The van der Waals surface area contributed by atoms with Crippen molar-refractivity contribution in [3.05, 3.63) is 15.4 Å². The molecule has 17 heavy (non-hydrogen) atoms. The number of ether oxygens (including phenoxy) is 1. The highest BCUT2D eigenvalue weighted by atomic mass is 79.9. The smallest absolute Gasteiger partial charge is 0.188 e. The molecule has 1 atom stereocenters. The quantitative estimate of drug-likeness (QED) is 0.915. The van der Waals surface area contributed by atoms with E-state index in [1.807, 2.05) is 0 Å². The second-order valence-electron chi connectivity index (χ2n) is 4.14. The fraction of sp³-hybridized carbons (Fsp3) is 0.636. The van der Waals surface area contributed by atoms with Crippen LogP contribution in [0.2, 0.25) is 0 Å². The molecule has 0 saturated carbocycles. The van der Waals surface area contributed by atoms with Gasteiger partial charge < -0.3 is 10.1 Å². The summed E-state index contributed by atoms with van der Waals surface area (Å²) in [6.45, 7) is 6.60. The maximum absolute atomic E-state index is 5.28. The highest BCUT2D eigenvalue weighted by Crippen LogP contribution is 2.35. The van der Waals surface area contributed by atoms with Crippen molar-refractivity contribution < 1.29 is 4.74 Å². The van der Waals surface area contributed by atoms with Crippen molar-refractivity contribution in [1.29, 1.82) is 0 Å². The zero-order chi connectivity index (χ0) is 11.5. The van der Waals surface area contributed by atoms with Crippen molar-refractivity contribution in [1.82, 2.24) is 10.2 Å². The van der Waals surface area contributed by atoms with E-state index in [2.05, 4.69) is 39.1 Å². The van der Waals surface area contributed by atoms with Crippen LogP contribution in [0.15, 0.2) is 10.5 Å². The molecule has 1 N–H and O–H groups in total. The van der Waals surface area contributed by atoms with E-state index < -0.39 is 0 Å². The molecule has 2 rings (SSSR count). The number of methoxy groups -OCH3 is 1. The molecule has 0 bridgehead atoms. The Kier molecular flexibility index (Phi) is 6.23. The van der Waals surface area contributed by atoms with Gasteiger partial charge in [0.25, 0.3) is 0 Å². The Balaban J connectivity index is 0.00000144. The number of nitrogens with zero attached hydrogens (tertiary/aromatic N) is 1. The van der Waals surface area contributed by atoms with Crippen LogP contribution in [-0.4, -0.2) is 37.7 Å². The third-order valence-electron chi connectivity index (χ3n) is 2.72. The molecule has 0 amide bonds. The average molecular weight is 342 g/mol. The summed E-state index contributed by atoms with van der Waals surface area (Å²) in [5.74, 6) is 0. The fourth-order valence-electron chi connectivity index (χ4n) is 1.99. The summed E-state index contributed by atoms with van der Waals surface area (Å²) >= 11 is 5.23. The number of rotatable bonds is 3. The monoisotopic (exact) mass is 340 g/mol. The van der Waals surface area contributed by atoms with Crippen LogP contribution in [0.3, 0.4) is 0 Å². The van der Waals surface area contributed by atoms with Gasteiger partial charge in [-0.2, -0.15) is 0 Å². The van der Waals surface area contributed by atoms with Crippen molar-refractivity contribution in [2.45, 2.75) is 19.5 Å². The molecular formula is C11H18BrClN2OS. The van der Waals surface area contributed by atoms with Gasteiger partial charge in [-0.25, -0.2) is 0 Å². The lowest BCUT2D eigenvalue weighted by molar-refractivity contribution is 0.201. The third-order valence-corrected chi connectivity index (χ3v) is 4.66. The van der Waals surface area contributed by atoms with Gasteiger partial charge in [0.15, 0.2) is 5.06 Å². The molecule has 6 heteroatoms. The highest BCUT2D eigenvalue weighted by Gasteiger charge is 2.17. The van der Waals surface area contributed by atoms with Gasteiger partial charge in [0, 0.05) is 37.1 Å². The molecule has 1 aromatic rings. The first-order chi connectivity index (χ1) is 7.69. The molecule has 1 aliphatic heterocycles. The van der Waals surface area contributed by atoms with Gasteiger partial charge in [-0.3, -0.25) is 4.90 Å². The lowest BCUT2D eigenvalue weighted by Crippen LogP contribution is -2.48. The van der Waals surface area contributed by atoms with Crippen LogP contribution in [-0.2, 0) is 6.54 Å². The molecular weight excluding hydrogens is 324 g/mol. The summed E-state index contributed by atoms with van der Waals surface area (Å²) in [7, 11) is 1.72. The van der Waals surface area contributed by atoms with E-state index in [0.717, 1.165) is 35.7 Å². The summed E-state index contributed by atoms with van der Waals surface area (Å²) in [6.07, 6.45) is 0. The average Bonchev–Trinajstić information content (AvgIpc) is 2.58. The van der Waals surface area contributed by atoms with E-state index in [1.165, 1.54) is 4.88 Å². The van der Waals surface area contributed by atoms with Crippen LogP contribution in [0.1, 0.15) is 11.8 Å². The molecule has 0 spiro atoms. The number of halogens is 2. The van der Waals surface area contributed by atoms with E-state index in [0.29, 0.717) is 6.04 Å². The summed E-state index contributed by atoms with van der Waals surface area (Å²) in [5, 5.41) is 4.42. The lowest BCUT2D eigenvalue weighted by atomic mass is 10.2. The molecule has 3 nitrogen and oxygen atoms in total. The lowest BCUT2D eigenvalue weighted by Gasteiger charge is -2.31. The molecule has 0 aromatic carbocycles. The first-order valence-electron chi connectivity index (χ1n) is 5.47. The molecule has 1 aromatic heterocycles. The minimum atomic E-state index is 0. The van der Waals surface area contributed by atoms with E-state index in [4.69, 9.17) is 4.74 Å². The van der Waals surface area contributed by atoms with Crippen LogP contribution < -0.4 is 10.1 Å². The van der Waals surface area contributed by atoms with Gasteiger partial charge in [-0.1, -0.05) is 0 Å². The van der Waals surface area contributed by atoms with Crippen molar-refractivity contribution >= 4 is 39.7 Å². The SMILES string of the molecule is COc1sc(CN2CCNC(C)C2)cc1Br.Cl. The first kappa shape index (κ1) is 15.2. The molecule has 1 unspecified atom stereocenters. The topological polar surface area (TPSA) is 24.5 Å². The Hall–Kier alpha value is 0.190. The predicted molar refractivity (Wildman–Crippen MR) is 78.6 cm³/mol. The van der Waals surface area contributed by atoms with Gasteiger partial charge >= 0.3 is 0 Å². The Labute approximate surface area is 121 Å². The van der Waals surface area contributed by atoms with Crippen molar-refractivity contribution in [3.63, 3.8) is 0 Å². The van der Waals surface area contributed by atoms with Gasteiger partial charge in [0.1, 0.15) is 0 Å². The largest absolute Gasteiger partial charge is 0.486 e. The Bertz CT molecular complexity index is 361. The van der Waals surface area contributed by atoms with Crippen LogP contribution in [0.4, 0.5) is 0 Å². The molecule has 1 saturated heterocycles. The van der Waals surface area contributed by atoms with Gasteiger partial charge in [0.2, 0.25) is 0 Å². The first-order valence-corrected chi connectivity index (χ1v) is 7.08. The van der Waals surface area contributed by atoms with E-state index in [9.17, 15) is 0 Å². The normalized spacial score (nSPS) is 21.0. The number of thiophene rings is 1. The minimum absolute atomic E-state index is 0. The van der Waals surface area contributed by atoms with E-state index in [1.54, 1.807) is 18.4 Å². The maximum Gasteiger partial charge on any atom is 0.188 e. The van der Waals surface area contributed by atoms with Crippen LogP contribution in [0.25, 0.3) is 0 Å². The molecule has 1 aliphatic rings. The van der Waals surface area contributed by atoms with Gasteiger partial charge in [-0.15, -0.1) is 23.7 Å². The standard InChI is InChI=1S/C11H17BrN2OS.ClH/c1-8-6-14(4-3-13-8)7-9-5-10(12)11(15-2)16-9;/h5,8,13H,3-4,6-7H2,1-2H3;1H. The fourth-order valence-corrected chi connectivity index (χ4v) is 3.73. The number of hydrogen-bond donors (Lipinski definition) is 1. The number of piperazine rings is 1. The Morgan fingerprint density at radius 3 is 3.00 bits per heavy atom. The van der Waals surface area contributed by atoms with Crippen LogP contribution in [0, 0.1) is 0 Å². The van der Waals surface area contributed by atoms with Crippen molar-refractivity contribution in [3.8, 4) is 5.06 Å². The molecule has 2 heterocycles. The summed E-state index contributed by atoms with van der Waals surface area (Å²) in [4.78, 5) is 3.84. The second kappa shape index (κ2) is 6.95. The molecule has 0 radical (unpaired) electrons. The third kappa shape index (κ3) is 4.10. The highest BCUT2D eigenvalue weighted by molar-refractivity contribution is 9.10. The molecule has 98 valence electrons. The second-order valence-corrected chi connectivity index (χ2v) is 6.10. The Morgan fingerprint density at radius 2 is 2.41 bits per heavy atom. The van der Waals surface area contributed by atoms with Gasteiger partial charge in [0.05, 0.1) is 11.6 Å². The Morgan fingerprint density at radius 1 is 1.65 bits per heavy atom. The van der Waals surface area contributed by atoms with Gasteiger partial charge in [-0.05, 0) is 28.9 Å². The predicted octanol–water partition coefficient (Wildman–Crippen LogP) is 2.73. The number of nitrogens with one attached hydrogen (secondary N) is 1. The van der Waals surface area contributed by atoms with Crippen molar-refractivity contribution in [2.75, 3.05) is 26.7 Å². The molecule has 1 fully saturated rings. The summed E-state index contributed by atoms with van der Waals surface area (Å²) in [6, 6.07) is 2.76. The number of hydrogen-bond acceptors (Lipinski definition) is 4. The summed E-state index contributed by atoms with van der Waals surface area (Å²) in [5.41, 5.74) is 0. The van der Waals surface area contributed by atoms with Crippen LogP contribution in [0.5, 0.6) is 5.06 Å². The zero-order valence-corrected chi connectivity index (χ0v) is 13.3. The van der Waals surface area contributed by atoms with E-state index >= 15 is 0 Å². The summed E-state index contributed by atoms with van der Waals surface area (Å²) < 4.78 is 6.34. The van der Waals surface area contributed by atoms with Crippen LogP contribution >= 0.6 is 39.7 Å². The zero-order valence-electron chi connectivity index (χ0n) is 10.0. The van der Waals surface area contributed by atoms with Crippen molar-refractivity contribution in [2.24, 2.45) is 0 Å². The maximum atomic E-state index is 5.28. The van der Waals surface area contributed by atoms with E-state index in [-0.39, 0.29) is 12.4 Å².